The first-order valence-corrected chi connectivity index (χ1v) is 11.2. The molecule has 7 rings (SSSR count). The van der Waals surface area contributed by atoms with Gasteiger partial charge in [0.15, 0.2) is 5.75 Å². The Balaban J connectivity index is 1.64. The molecule has 4 heterocycles. The molecule has 7 heteroatoms. The molecule has 0 amide bonds. The first-order valence-electron chi connectivity index (χ1n) is 11.2. The normalized spacial score (nSPS) is 11.7. The standard InChI is InChI=1S/C28H19N5O2/c34-27-24(20-14-30-21-9-2-1-7-18(20)21)26(19-8-3-5-16-6-4-12-29-25(16)19)33(28(27)35)17-10-11-22-23(13-17)32-15-31-22/h1-15,30,34-35H,(H,31,32). The van der Waals surface area contributed by atoms with Crippen LogP contribution < -0.4 is 0 Å². The van der Waals surface area contributed by atoms with Crippen LogP contribution in [0, 0.1) is 0 Å². The van der Waals surface area contributed by atoms with Crippen LogP contribution in [0.5, 0.6) is 11.6 Å². The van der Waals surface area contributed by atoms with Crippen LogP contribution in [-0.2, 0) is 0 Å². The zero-order chi connectivity index (χ0) is 23.5. The van der Waals surface area contributed by atoms with Crippen LogP contribution in [0.1, 0.15) is 0 Å². The highest BCUT2D eigenvalue weighted by molar-refractivity contribution is 6.06. The summed E-state index contributed by atoms with van der Waals surface area (Å²) in [6.45, 7) is 0. The number of rotatable bonds is 3. The van der Waals surface area contributed by atoms with Gasteiger partial charge in [-0.3, -0.25) is 9.55 Å². The Kier molecular flexibility index (Phi) is 4.01. The highest BCUT2D eigenvalue weighted by atomic mass is 16.3. The predicted octanol–water partition coefficient (Wildman–Crippen LogP) is 6.13. The molecule has 0 bridgehead atoms. The fourth-order valence-electron chi connectivity index (χ4n) is 4.95. The van der Waals surface area contributed by atoms with Crippen LogP contribution in [0.3, 0.4) is 0 Å². The van der Waals surface area contributed by atoms with Gasteiger partial charge in [-0.2, -0.15) is 0 Å². The van der Waals surface area contributed by atoms with Gasteiger partial charge in [0, 0.05) is 39.8 Å². The molecule has 4 N–H and O–H groups in total. The summed E-state index contributed by atoms with van der Waals surface area (Å²) >= 11 is 0. The number of pyridine rings is 1. The highest BCUT2D eigenvalue weighted by Gasteiger charge is 2.28. The quantitative estimate of drug-likeness (QED) is 0.256. The molecular weight excluding hydrogens is 438 g/mol. The number of hydrogen-bond acceptors (Lipinski definition) is 4. The van der Waals surface area contributed by atoms with Gasteiger partial charge in [-0.25, -0.2) is 4.98 Å². The summed E-state index contributed by atoms with van der Waals surface area (Å²) in [5.74, 6) is -0.436. The molecule has 7 aromatic rings. The van der Waals surface area contributed by atoms with Crippen LogP contribution in [0.15, 0.2) is 91.5 Å². The average molecular weight is 457 g/mol. The molecule has 0 aliphatic heterocycles. The molecule has 168 valence electrons. The fourth-order valence-corrected chi connectivity index (χ4v) is 4.95. The summed E-state index contributed by atoms with van der Waals surface area (Å²) in [5.41, 5.74) is 6.80. The Labute approximate surface area is 199 Å². The molecular formula is C28H19N5O2. The second-order valence-electron chi connectivity index (χ2n) is 8.46. The van der Waals surface area contributed by atoms with Gasteiger partial charge in [-0.1, -0.05) is 42.5 Å². The van der Waals surface area contributed by atoms with Crippen LogP contribution in [-0.4, -0.2) is 34.7 Å². The van der Waals surface area contributed by atoms with Crippen LogP contribution in [0.4, 0.5) is 0 Å². The molecule has 4 aromatic heterocycles. The number of fused-ring (bicyclic) bond motifs is 3. The van der Waals surface area contributed by atoms with Crippen LogP contribution in [0.25, 0.3) is 60.9 Å². The van der Waals surface area contributed by atoms with E-state index < -0.39 is 0 Å². The van der Waals surface area contributed by atoms with Crippen molar-refractivity contribution < 1.29 is 10.2 Å². The minimum absolute atomic E-state index is 0.192. The minimum Gasteiger partial charge on any atom is -0.503 e. The fraction of sp³-hybridized carbons (Fsp3) is 0. The summed E-state index contributed by atoms with van der Waals surface area (Å²) in [6, 6.07) is 23.4. The molecule has 0 radical (unpaired) electrons. The summed E-state index contributed by atoms with van der Waals surface area (Å²) in [4.78, 5) is 15.4. The lowest BCUT2D eigenvalue weighted by molar-refractivity contribution is 0.388. The Hall–Kier alpha value is -5.04. The Morgan fingerprint density at radius 1 is 0.771 bits per heavy atom. The molecule has 3 aromatic carbocycles. The molecule has 0 fully saturated rings. The SMILES string of the molecule is Oc1c(-c2c[nH]c3ccccc23)c(-c2cccc3cccnc23)n(-c2ccc3nc[nH]c3c2)c1O. The lowest BCUT2D eigenvalue weighted by Gasteiger charge is -2.14. The second kappa shape index (κ2) is 7.23. The van der Waals surface area contributed by atoms with E-state index in [1.165, 1.54) is 0 Å². The van der Waals surface area contributed by atoms with Crippen molar-refractivity contribution >= 4 is 32.8 Å². The van der Waals surface area contributed by atoms with Crippen molar-refractivity contribution in [2.75, 3.05) is 0 Å². The number of para-hydroxylation sites is 2. The average Bonchev–Trinajstić information content (AvgIpc) is 3.60. The molecule has 0 spiro atoms. The van der Waals surface area contributed by atoms with Crippen molar-refractivity contribution in [1.29, 1.82) is 0 Å². The van der Waals surface area contributed by atoms with E-state index in [0.717, 1.165) is 44.0 Å². The maximum Gasteiger partial charge on any atom is 0.240 e. The second-order valence-corrected chi connectivity index (χ2v) is 8.46. The summed E-state index contributed by atoms with van der Waals surface area (Å²) in [6.07, 6.45) is 5.25. The van der Waals surface area contributed by atoms with E-state index in [-0.39, 0.29) is 11.6 Å². The van der Waals surface area contributed by atoms with Crippen molar-refractivity contribution in [3.63, 3.8) is 0 Å². The first-order chi connectivity index (χ1) is 17.2. The third-order valence-corrected chi connectivity index (χ3v) is 6.53. The maximum atomic E-state index is 11.4. The number of nitrogens with zero attached hydrogens (tertiary/aromatic N) is 3. The number of H-pyrrole nitrogens is 2. The van der Waals surface area contributed by atoms with Crippen molar-refractivity contribution in [2.45, 2.75) is 0 Å². The van der Waals surface area contributed by atoms with Crippen LogP contribution >= 0.6 is 0 Å². The summed E-state index contributed by atoms with van der Waals surface area (Å²) in [5, 5.41) is 24.6. The molecule has 0 aliphatic carbocycles. The number of aromatic nitrogens is 5. The molecule has 0 unspecified atom stereocenters. The number of aromatic hydroxyl groups is 2. The van der Waals surface area contributed by atoms with Gasteiger partial charge in [0.05, 0.1) is 39.8 Å². The van der Waals surface area contributed by atoms with E-state index in [1.807, 2.05) is 79.0 Å². The number of aromatic amines is 2. The van der Waals surface area contributed by atoms with Gasteiger partial charge >= 0.3 is 0 Å². The summed E-state index contributed by atoms with van der Waals surface area (Å²) < 4.78 is 1.68. The first kappa shape index (κ1) is 19.4. The summed E-state index contributed by atoms with van der Waals surface area (Å²) in [7, 11) is 0. The Morgan fingerprint density at radius 2 is 1.66 bits per heavy atom. The van der Waals surface area contributed by atoms with Crippen molar-refractivity contribution in [3.8, 4) is 39.7 Å². The van der Waals surface area contributed by atoms with Gasteiger partial charge in [-0.15, -0.1) is 0 Å². The van der Waals surface area contributed by atoms with Gasteiger partial charge in [0.25, 0.3) is 0 Å². The molecule has 0 aliphatic rings. The third-order valence-electron chi connectivity index (χ3n) is 6.53. The molecule has 0 saturated heterocycles. The van der Waals surface area contributed by atoms with E-state index in [2.05, 4.69) is 19.9 Å². The number of imidazole rings is 1. The minimum atomic E-state index is -0.243. The third kappa shape index (κ3) is 2.78. The number of nitrogens with one attached hydrogen (secondary N) is 2. The molecule has 0 saturated carbocycles. The van der Waals surface area contributed by atoms with Crippen LogP contribution in [0.2, 0.25) is 0 Å². The lowest BCUT2D eigenvalue weighted by Crippen LogP contribution is -1.98. The van der Waals surface area contributed by atoms with Crippen molar-refractivity contribution in [2.24, 2.45) is 0 Å². The van der Waals surface area contributed by atoms with Gasteiger partial charge in [-0.05, 0) is 30.3 Å². The van der Waals surface area contributed by atoms with Gasteiger partial charge < -0.3 is 20.2 Å². The van der Waals surface area contributed by atoms with Crippen molar-refractivity contribution in [1.82, 2.24) is 24.5 Å². The van der Waals surface area contributed by atoms with Gasteiger partial charge in [0.1, 0.15) is 0 Å². The predicted molar refractivity (Wildman–Crippen MR) is 137 cm³/mol. The molecule has 0 atom stereocenters. The number of benzene rings is 3. The van der Waals surface area contributed by atoms with E-state index in [0.29, 0.717) is 16.9 Å². The lowest BCUT2D eigenvalue weighted by atomic mass is 9.98. The zero-order valence-electron chi connectivity index (χ0n) is 18.4. The maximum absolute atomic E-state index is 11.4. The van der Waals surface area contributed by atoms with Crippen molar-refractivity contribution in [3.05, 3.63) is 91.5 Å². The highest BCUT2D eigenvalue weighted by Crippen LogP contribution is 2.51. The Bertz CT molecular complexity index is 1890. The van der Waals surface area contributed by atoms with E-state index in [1.54, 1.807) is 17.1 Å². The van der Waals surface area contributed by atoms with Gasteiger partial charge in [0.2, 0.25) is 5.88 Å². The molecule has 7 nitrogen and oxygen atoms in total. The monoisotopic (exact) mass is 457 g/mol. The zero-order valence-corrected chi connectivity index (χ0v) is 18.4. The van der Waals surface area contributed by atoms with E-state index >= 15 is 0 Å². The van der Waals surface area contributed by atoms with E-state index in [4.69, 9.17) is 0 Å². The topological polar surface area (TPSA) is 103 Å². The number of hydrogen-bond donors (Lipinski definition) is 4. The Morgan fingerprint density at radius 3 is 2.60 bits per heavy atom. The largest absolute Gasteiger partial charge is 0.503 e. The smallest absolute Gasteiger partial charge is 0.240 e. The molecule has 35 heavy (non-hydrogen) atoms. The van der Waals surface area contributed by atoms with E-state index in [9.17, 15) is 10.2 Å².